The van der Waals surface area contributed by atoms with Gasteiger partial charge in [-0.25, -0.2) is 0 Å². The van der Waals surface area contributed by atoms with Crippen molar-refractivity contribution in [2.45, 2.75) is 0 Å². The van der Waals surface area contributed by atoms with E-state index in [4.69, 9.17) is 9.47 Å². The molecule has 0 aliphatic rings. The first-order valence-corrected chi connectivity index (χ1v) is 7.65. The molecule has 0 N–H and O–H groups in total. The normalized spacial score (nSPS) is 10.9. The number of hydrogen-bond acceptors (Lipinski definition) is 4. The zero-order valence-electron chi connectivity index (χ0n) is 13.5. The van der Waals surface area contributed by atoms with Gasteiger partial charge in [-0.2, -0.15) is 0 Å². The van der Waals surface area contributed by atoms with Crippen LogP contribution in [0.15, 0.2) is 61.2 Å². The Balaban J connectivity index is 2.21. The standard InChI is InChI=1S/C20H16N2O2/c1-23-17-5-3-13-11-21-9-7-15(13)19(17)20-16-8-10-22-12-14(16)4-6-18(20)24-2/h3-12H,1-2H3. The molecule has 0 spiro atoms. The van der Waals surface area contributed by atoms with E-state index >= 15 is 0 Å². The summed E-state index contributed by atoms with van der Waals surface area (Å²) in [4.78, 5) is 8.45. The number of benzene rings is 2. The molecule has 0 bridgehead atoms. The van der Waals surface area contributed by atoms with Gasteiger partial charge < -0.3 is 9.47 Å². The van der Waals surface area contributed by atoms with E-state index in [1.54, 1.807) is 26.6 Å². The number of pyridine rings is 2. The fourth-order valence-corrected chi connectivity index (χ4v) is 3.15. The van der Waals surface area contributed by atoms with E-state index in [1.165, 1.54) is 0 Å². The van der Waals surface area contributed by atoms with E-state index in [0.29, 0.717) is 0 Å². The Morgan fingerprint density at radius 3 is 1.50 bits per heavy atom. The summed E-state index contributed by atoms with van der Waals surface area (Å²) in [7, 11) is 3.37. The molecule has 4 rings (SSSR count). The van der Waals surface area contributed by atoms with Crippen LogP contribution in [0.2, 0.25) is 0 Å². The zero-order valence-corrected chi connectivity index (χ0v) is 13.5. The third kappa shape index (κ3) is 2.15. The van der Waals surface area contributed by atoms with E-state index in [2.05, 4.69) is 9.97 Å². The van der Waals surface area contributed by atoms with Crippen LogP contribution in [0.5, 0.6) is 11.5 Å². The molecule has 2 aromatic heterocycles. The molecule has 2 aromatic carbocycles. The summed E-state index contributed by atoms with van der Waals surface area (Å²) >= 11 is 0. The smallest absolute Gasteiger partial charge is 0.127 e. The molecule has 0 amide bonds. The van der Waals surface area contributed by atoms with E-state index in [-0.39, 0.29) is 0 Å². The lowest BCUT2D eigenvalue weighted by molar-refractivity contribution is 0.411. The van der Waals surface area contributed by atoms with Crippen LogP contribution in [0, 0.1) is 0 Å². The average Bonchev–Trinajstić information content (AvgIpc) is 2.66. The lowest BCUT2D eigenvalue weighted by Gasteiger charge is -2.17. The fraction of sp³-hybridized carbons (Fsp3) is 0.100. The highest BCUT2D eigenvalue weighted by Gasteiger charge is 2.18. The van der Waals surface area contributed by atoms with Crippen molar-refractivity contribution < 1.29 is 9.47 Å². The molecule has 0 radical (unpaired) electrons. The topological polar surface area (TPSA) is 44.2 Å². The molecule has 4 aromatic rings. The summed E-state index contributed by atoms with van der Waals surface area (Å²) in [6, 6.07) is 12.0. The summed E-state index contributed by atoms with van der Waals surface area (Å²) in [5.74, 6) is 1.60. The molecule has 0 saturated heterocycles. The Morgan fingerprint density at radius 2 is 1.08 bits per heavy atom. The van der Waals surface area contributed by atoms with Gasteiger partial charge in [0.1, 0.15) is 11.5 Å². The predicted octanol–water partition coefficient (Wildman–Crippen LogP) is 4.47. The maximum atomic E-state index is 5.66. The second-order valence-electron chi connectivity index (χ2n) is 5.48. The van der Waals surface area contributed by atoms with Gasteiger partial charge in [-0.3, -0.25) is 9.97 Å². The highest BCUT2D eigenvalue weighted by Crippen LogP contribution is 2.44. The van der Waals surface area contributed by atoms with Gasteiger partial charge in [0.2, 0.25) is 0 Å². The van der Waals surface area contributed by atoms with Crippen molar-refractivity contribution in [2.75, 3.05) is 14.2 Å². The maximum Gasteiger partial charge on any atom is 0.127 e. The molecule has 0 atom stereocenters. The summed E-state index contributed by atoms with van der Waals surface area (Å²) in [6.45, 7) is 0. The molecule has 4 heteroatoms. The molecular formula is C20H16N2O2. The molecule has 0 saturated carbocycles. The van der Waals surface area contributed by atoms with E-state index in [0.717, 1.165) is 44.2 Å². The Labute approximate surface area is 139 Å². The van der Waals surface area contributed by atoms with Gasteiger partial charge in [0.15, 0.2) is 0 Å². The Morgan fingerprint density at radius 1 is 0.625 bits per heavy atom. The van der Waals surface area contributed by atoms with Gasteiger partial charge >= 0.3 is 0 Å². The highest BCUT2D eigenvalue weighted by atomic mass is 16.5. The quantitative estimate of drug-likeness (QED) is 0.559. The van der Waals surface area contributed by atoms with E-state index in [1.807, 2.05) is 48.8 Å². The first kappa shape index (κ1) is 14.5. The third-order valence-electron chi connectivity index (χ3n) is 4.25. The van der Waals surface area contributed by atoms with Crippen LogP contribution in [0.3, 0.4) is 0 Å². The van der Waals surface area contributed by atoms with Crippen LogP contribution < -0.4 is 9.47 Å². The molecule has 118 valence electrons. The number of rotatable bonds is 3. The van der Waals surface area contributed by atoms with Crippen molar-refractivity contribution in [3.63, 3.8) is 0 Å². The Hall–Kier alpha value is -3.14. The van der Waals surface area contributed by atoms with Crippen LogP contribution in [0.1, 0.15) is 0 Å². The minimum Gasteiger partial charge on any atom is -0.496 e. The van der Waals surface area contributed by atoms with Gasteiger partial charge in [0.05, 0.1) is 14.2 Å². The van der Waals surface area contributed by atoms with Crippen LogP contribution in [0.25, 0.3) is 32.7 Å². The number of fused-ring (bicyclic) bond motifs is 2. The van der Waals surface area contributed by atoms with Crippen molar-refractivity contribution in [3.8, 4) is 22.6 Å². The highest BCUT2D eigenvalue weighted by molar-refractivity contribution is 6.09. The monoisotopic (exact) mass is 316 g/mol. The second kappa shape index (κ2) is 5.81. The molecule has 0 unspecified atom stereocenters. The van der Waals surface area contributed by atoms with E-state index in [9.17, 15) is 0 Å². The predicted molar refractivity (Wildman–Crippen MR) is 95.6 cm³/mol. The Bertz CT molecular complexity index is 959. The molecule has 0 aliphatic carbocycles. The van der Waals surface area contributed by atoms with Gasteiger partial charge in [-0.05, 0) is 47.2 Å². The number of methoxy groups -OCH3 is 2. The minimum absolute atomic E-state index is 0.802. The molecule has 0 fully saturated rings. The number of aromatic nitrogens is 2. The molecule has 2 heterocycles. The summed E-state index contributed by atoms with van der Waals surface area (Å²) in [5, 5.41) is 4.27. The molecule has 0 aliphatic heterocycles. The Kier molecular flexibility index (Phi) is 3.50. The minimum atomic E-state index is 0.802. The number of hydrogen-bond donors (Lipinski definition) is 0. The van der Waals surface area contributed by atoms with Crippen molar-refractivity contribution in [1.82, 2.24) is 9.97 Å². The molecule has 4 nitrogen and oxygen atoms in total. The van der Waals surface area contributed by atoms with Crippen LogP contribution >= 0.6 is 0 Å². The van der Waals surface area contributed by atoms with Gasteiger partial charge in [-0.1, -0.05) is 0 Å². The first-order chi connectivity index (χ1) is 11.8. The van der Waals surface area contributed by atoms with E-state index < -0.39 is 0 Å². The van der Waals surface area contributed by atoms with Gasteiger partial charge in [0.25, 0.3) is 0 Å². The van der Waals surface area contributed by atoms with Crippen LogP contribution in [-0.2, 0) is 0 Å². The third-order valence-corrected chi connectivity index (χ3v) is 4.25. The SMILES string of the molecule is COc1ccc2cnccc2c1-c1c(OC)ccc2cnccc12. The van der Waals surface area contributed by atoms with Gasteiger partial charge in [-0.15, -0.1) is 0 Å². The van der Waals surface area contributed by atoms with Crippen molar-refractivity contribution >= 4 is 21.5 Å². The van der Waals surface area contributed by atoms with Gasteiger partial charge in [0, 0.05) is 46.7 Å². The average molecular weight is 316 g/mol. The molecular weight excluding hydrogens is 300 g/mol. The maximum absolute atomic E-state index is 5.66. The van der Waals surface area contributed by atoms with Crippen molar-refractivity contribution in [3.05, 3.63) is 61.2 Å². The lowest BCUT2D eigenvalue weighted by atomic mass is 9.93. The van der Waals surface area contributed by atoms with Crippen LogP contribution in [-0.4, -0.2) is 24.2 Å². The summed E-state index contributed by atoms with van der Waals surface area (Å²) in [6.07, 6.45) is 7.31. The largest absolute Gasteiger partial charge is 0.496 e. The zero-order chi connectivity index (χ0) is 16.5. The second-order valence-corrected chi connectivity index (χ2v) is 5.48. The lowest BCUT2D eigenvalue weighted by Crippen LogP contribution is -1.95. The first-order valence-electron chi connectivity index (χ1n) is 7.65. The fourth-order valence-electron chi connectivity index (χ4n) is 3.15. The van der Waals surface area contributed by atoms with Crippen molar-refractivity contribution in [1.29, 1.82) is 0 Å². The summed E-state index contributed by atoms with van der Waals surface area (Å²) in [5.41, 5.74) is 2.01. The number of nitrogens with zero attached hydrogens (tertiary/aromatic N) is 2. The summed E-state index contributed by atoms with van der Waals surface area (Å²) < 4.78 is 11.3. The van der Waals surface area contributed by atoms with Crippen LogP contribution in [0.4, 0.5) is 0 Å². The number of ether oxygens (including phenoxy) is 2. The van der Waals surface area contributed by atoms with Crippen molar-refractivity contribution in [2.24, 2.45) is 0 Å². The molecule has 24 heavy (non-hydrogen) atoms.